The molecule has 0 aliphatic heterocycles. The molecule has 0 spiro atoms. The van der Waals surface area contributed by atoms with Gasteiger partial charge in [-0.25, -0.2) is 13.1 Å². The van der Waals surface area contributed by atoms with Crippen molar-refractivity contribution in [1.29, 1.82) is 0 Å². The maximum absolute atomic E-state index is 12.4. The minimum atomic E-state index is -3.56. The van der Waals surface area contributed by atoms with Crippen LogP contribution >= 0.6 is 11.6 Å². The smallest absolute Gasteiger partial charge is 0.242 e. The molecule has 1 aliphatic rings. The Labute approximate surface area is 125 Å². The van der Waals surface area contributed by atoms with E-state index < -0.39 is 10.0 Å². The van der Waals surface area contributed by atoms with E-state index in [1.54, 1.807) is 12.1 Å². The normalized spacial score (nSPS) is 23.8. The first-order valence-electron chi connectivity index (χ1n) is 6.93. The van der Waals surface area contributed by atoms with E-state index in [1.165, 1.54) is 6.07 Å². The summed E-state index contributed by atoms with van der Waals surface area (Å²) in [5.74, 6) is 0.683. The van der Waals surface area contributed by atoms with Gasteiger partial charge in [-0.1, -0.05) is 24.6 Å². The number of rotatable bonds is 4. The molecule has 1 aromatic carbocycles. The van der Waals surface area contributed by atoms with Crippen LogP contribution in [0.15, 0.2) is 23.1 Å². The molecular weight excluding hydrogens is 296 g/mol. The first kappa shape index (κ1) is 15.8. The van der Waals surface area contributed by atoms with E-state index in [4.69, 9.17) is 17.3 Å². The quantitative estimate of drug-likeness (QED) is 0.897. The van der Waals surface area contributed by atoms with Crippen LogP contribution < -0.4 is 10.5 Å². The van der Waals surface area contributed by atoms with E-state index in [0.717, 1.165) is 31.2 Å². The number of nitrogens with two attached hydrogens (primary N) is 1. The molecule has 6 heteroatoms. The summed E-state index contributed by atoms with van der Waals surface area (Å²) in [5, 5.41) is 0.227. The highest BCUT2D eigenvalue weighted by molar-refractivity contribution is 7.89. The zero-order valence-corrected chi connectivity index (χ0v) is 13.2. The summed E-state index contributed by atoms with van der Waals surface area (Å²) in [6.07, 6.45) is 3.90. The fraction of sp³-hybridized carbons (Fsp3) is 0.571. The van der Waals surface area contributed by atoms with Gasteiger partial charge in [0.2, 0.25) is 10.0 Å². The van der Waals surface area contributed by atoms with Crippen molar-refractivity contribution >= 4 is 21.6 Å². The van der Waals surface area contributed by atoms with E-state index in [9.17, 15) is 8.42 Å². The fourth-order valence-corrected chi connectivity index (χ4v) is 4.42. The standard InChI is InChI=1S/C14H21ClN2O2S/c1-10-2-5-12(6-3-10)17-20(18,19)14-7-4-11(9-16)8-13(14)15/h4,7-8,10,12,17H,2-3,5-6,9,16H2,1H3. The maximum atomic E-state index is 12.4. The van der Waals surface area contributed by atoms with Gasteiger partial charge in [0.05, 0.1) is 5.02 Å². The van der Waals surface area contributed by atoms with Crippen molar-refractivity contribution in [2.24, 2.45) is 11.7 Å². The molecule has 0 amide bonds. The molecule has 0 heterocycles. The molecule has 0 aromatic heterocycles. The fourth-order valence-electron chi connectivity index (χ4n) is 2.55. The molecule has 0 bridgehead atoms. The Bertz CT molecular complexity index is 567. The van der Waals surface area contributed by atoms with Crippen LogP contribution in [0.25, 0.3) is 0 Å². The molecule has 2 rings (SSSR count). The van der Waals surface area contributed by atoms with Crippen LogP contribution in [0.1, 0.15) is 38.2 Å². The average Bonchev–Trinajstić information content (AvgIpc) is 2.40. The highest BCUT2D eigenvalue weighted by Gasteiger charge is 2.25. The van der Waals surface area contributed by atoms with Gasteiger partial charge in [-0.2, -0.15) is 0 Å². The second kappa shape index (κ2) is 6.43. The minimum Gasteiger partial charge on any atom is -0.326 e. The minimum absolute atomic E-state index is 0.0152. The molecule has 1 saturated carbocycles. The van der Waals surface area contributed by atoms with Crippen LogP contribution in [0, 0.1) is 5.92 Å². The molecular formula is C14H21ClN2O2S. The van der Waals surface area contributed by atoms with E-state index in [1.807, 2.05) is 0 Å². The first-order chi connectivity index (χ1) is 9.42. The summed E-state index contributed by atoms with van der Waals surface area (Å²) < 4.78 is 27.5. The Morgan fingerprint density at radius 3 is 2.50 bits per heavy atom. The number of hydrogen-bond donors (Lipinski definition) is 2. The maximum Gasteiger partial charge on any atom is 0.242 e. The molecule has 4 nitrogen and oxygen atoms in total. The molecule has 3 N–H and O–H groups in total. The summed E-state index contributed by atoms with van der Waals surface area (Å²) >= 11 is 6.06. The van der Waals surface area contributed by atoms with Crippen molar-refractivity contribution in [2.75, 3.05) is 0 Å². The largest absolute Gasteiger partial charge is 0.326 e. The third kappa shape index (κ3) is 3.73. The SMILES string of the molecule is CC1CCC(NS(=O)(=O)c2ccc(CN)cc2Cl)CC1. The predicted molar refractivity (Wildman–Crippen MR) is 81.1 cm³/mol. The second-order valence-corrected chi connectivity index (χ2v) is 7.64. The molecule has 1 fully saturated rings. The Hall–Kier alpha value is -0.620. The van der Waals surface area contributed by atoms with Gasteiger partial charge in [0.1, 0.15) is 4.90 Å². The van der Waals surface area contributed by atoms with Gasteiger partial charge in [0.25, 0.3) is 0 Å². The van der Waals surface area contributed by atoms with Gasteiger partial charge < -0.3 is 5.73 Å². The number of hydrogen-bond acceptors (Lipinski definition) is 3. The molecule has 1 aromatic rings. The molecule has 0 saturated heterocycles. The van der Waals surface area contributed by atoms with Crippen LogP contribution in [0.5, 0.6) is 0 Å². The highest BCUT2D eigenvalue weighted by atomic mass is 35.5. The number of benzene rings is 1. The molecule has 0 atom stereocenters. The van der Waals surface area contributed by atoms with Gasteiger partial charge in [0.15, 0.2) is 0 Å². The Kier molecular flexibility index (Phi) is 5.07. The molecule has 1 aliphatic carbocycles. The van der Waals surface area contributed by atoms with Crippen LogP contribution in [0.2, 0.25) is 5.02 Å². The summed E-state index contributed by atoms with van der Waals surface area (Å²) in [4.78, 5) is 0.134. The topological polar surface area (TPSA) is 72.2 Å². The number of nitrogens with one attached hydrogen (secondary N) is 1. The average molecular weight is 317 g/mol. The van der Waals surface area contributed by atoms with E-state index in [0.29, 0.717) is 12.5 Å². The summed E-state index contributed by atoms with van der Waals surface area (Å²) in [5.41, 5.74) is 6.34. The summed E-state index contributed by atoms with van der Waals surface area (Å²) in [6, 6.07) is 4.85. The van der Waals surface area contributed by atoms with Crippen LogP contribution in [-0.2, 0) is 16.6 Å². The zero-order valence-electron chi connectivity index (χ0n) is 11.6. The van der Waals surface area contributed by atoms with E-state index in [-0.39, 0.29) is 16.0 Å². The zero-order chi connectivity index (χ0) is 14.8. The Morgan fingerprint density at radius 1 is 1.30 bits per heavy atom. The number of halogens is 1. The Morgan fingerprint density at radius 2 is 1.95 bits per heavy atom. The third-order valence-electron chi connectivity index (χ3n) is 3.86. The number of sulfonamides is 1. The lowest BCUT2D eigenvalue weighted by Gasteiger charge is -2.26. The lowest BCUT2D eigenvalue weighted by molar-refractivity contribution is 0.332. The van der Waals surface area contributed by atoms with Crippen LogP contribution in [0.4, 0.5) is 0 Å². The van der Waals surface area contributed by atoms with E-state index in [2.05, 4.69) is 11.6 Å². The van der Waals surface area contributed by atoms with Gasteiger partial charge in [-0.3, -0.25) is 0 Å². The third-order valence-corrected chi connectivity index (χ3v) is 5.86. The van der Waals surface area contributed by atoms with Crippen molar-refractivity contribution in [3.63, 3.8) is 0 Å². The summed E-state index contributed by atoms with van der Waals surface area (Å²) in [7, 11) is -3.56. The monoisotopic (exact) mass is 316 g/mol. The lowest BCUT2D eigenvalue weighted by atomic mass is 9.88. The van der Waals surface area contributed by atoms with Crippen molar-refractivity contribution in [3.05, 3.63) is 28.8 Å². The van der Waals surface area contributed by atoms with Crippen molar-refractivity contribution in [3.8, 4) is 0 Å². The van der Waals surface area contributed by atoms with Crippen molar-refractivity contribution < 1.29 is 8.42 Å². The highest BCUT2D eigenvalue weighted by Crippen LogP contribution is 2.27. The molecule has 112 valence electrons. The molecule has 0 radical (unpaired) electrons. The Balaban J connectivity index is 2.14. The van der Waals surface area contributed by atoms with Crippen molar-refractivity contribution in [2.45, 2.75) is 50.1 Å². The molecule has 20 heavy (non-hydrogen) atoms. The lowest BCUT2D eigenvalue weighted by Crippen LogP contribution is -2.37. The van der Waals surface area contributed by atoms with Gasteiger partial charge >= 0.3 is 0 Å². The van der Waals surface area contributed by atoms with Gasteiger partial charge in [-0.15, -0.1) is 0 Å². The predicted octanol–water partition coefficient (Wildman–Crippen LogP) is 2.66. The van der Waals surface area contributed by atoms with Gasteiger partial charge in [0, 0.05) is 12.6 Å². The first-order valence-corrected chi connectivity index (χ1v) is 8.79. The second-order valence-electron chi connectivity index (χ2n) is 5.55. The van der Waals surface area contributed by atoms with Gasteiger partial charge in [-0.05, 0) is 49.3 Å². The van der Waals surface area contributed by atoms with Crippen LogP contribution in [0.3, 0.4) is 0 Å². The van der Waals surface area contributed by atoms with Crippen LogP contribution in [-0.4, -0.2) is 14.5 Å². The summed E-state index contributed by atoms with van der Waals surface area (Å²) in [6.45, 7) is 2.54. The van der Waals surface area contributed by atoms with Crippen molar-refractivity contribution in [1.82, 2.24) is 4.72 Å². The molecule has 0 unspecified atom stereocenters. The van der Waals surface area contributed by atoms with E-state index >= 15 is 0 Å².